The zero-order valence-corrected chi connectivity index (χ0v) is 10.1. The average molecular weight is 218 g/mol. The molecule has 0 heterocycles. The molecule has 0 amide bonds. The lowest BCUT2D eigenvalue weighted by atomic mass is 9.81. The van der Waals surface area contributed by atoms with Crippen molar-refractivity contribution in [2.45, 2.75) is 45.1 Å². The molecule has 1 saturated carbocycles. The van der Waals surface area contributed by atoms with Crippen LogP contribution in [0.2, 0.25) is 0 Å². The van der Waals surface area contributed by atoms with Crippen molar-refractivity contribution in [3.05, 3.63) is 29.3 Å². The van der Waals surface area contributed by atoms with E-state index < -0.39 is 0 Å². The first kappa shape index (κ1) is 11.5. The second-order valence-corrected chi connectivity index (χ2v) is 5.10. The van der Waals surface area contributed by atoms with Gasteiger partial charge in [0.1, 0.15) is 0 Å². The Morgan fingerprint density at radius 1 is 1.25 bits per heavy atom. The summed E-state index contributed by atoms with van der Waals surface area (Å²) in [6, 6.07) is 6.79. The highest BCUT2D eigenvalue weighted by molar-refractivity contribution is 5.48. The van der Waals surface area contributed by atoms with Gasteiger partial charge in [-0.25, -0.2) is 0 Å². The zero-order valence-electron chi connectivity index (χ0n) is 10.1. The Labute approximate surface area is 98.0 Å². The molecule has 2 heteroatoms. The van der Waals surface area contributed by atoms with Gasteiger partial charge in [-0.15, -0.1) is 0 Å². The van der Waals surface area contributed by atoms with Crippen LogP contribution < -0.4 is 11.5 Å². The number of aryl methyl sites for hydroxylation is 1. The van der Waals surface area contributed by atoms with Gasteiger partial charge in [0.15, 0.2) is 0 Å². The third kappa shape index (κ3) is 2.56. The van der Waals surface area contributed by atoms with Gasteiger partial charge in [0, 0.05) is 11.7 Å². The first-order valence-corrected chi connectivity index (χ1v) is 6.27. The van der Waals surface area contributed by atoms with Crippen LogP contribution in [0.1, 0.15) is 36.8 Å². The Bertz CT molecular complexity index is 360. The van der Waals surface area contributed by atoms with Crippen LogP contribution in [-0.2, 0) is 6.42 Å². The maximum Gasteiger partial charge on any atom is 0.0346 e. The van der Waals surface area contributed by atoms with Crippen molar-refractivity contribution in [3.8, 4) is 0 Å². The summed E-state index contributed by atoms with van der Waals surface area (Å²) in [5, 5.41) is 0. The fraction of sp³-hybridized carbons (Fsp3) is 0.571. The van der Waals surface area contributed by atoms with Crippen LogP contribution >= 0.6 is 0 Å². The van der Waals surface area contributed by atoms with Crippen molar-refractivity contribution in [1.29, 1.82) is 0 Å². The molecule has 0 aromatic heterocycles. The first-order chi connectivity index (χ1) is 7.66. The molecule has 1 aliphatic rings. The average Bonchev–Trinajstić information content (AvgIpc) is 2.27. The van der Waals surface area contributed by atoms with Crippen molar-refractivity contribution >= 4 is 5.69 Å². The Kier molecular flexibility index (Phi) is 3.49. The van der Waals surface area contributed by atoms with Gasteiger partial charge in [-0.05, 0) is 49.3 Å². The topological polar surface area (TPSA) is 52.0 Å². The lowest BCUT2D eigenvalue weighted by Gasteiger charge is -2.28. The molecule has 1 aliphatic carbocycles. The number of benzene rings is 1. The lowest BCUT2D eigenvalue weighted by Crippen LogP contribution is -2.34. The van der Waals surface area contributed by atoms with E-state index in [1.54, 1.807) is 0 Å². The van der Waals surface area contributed by atoms with E-state index in [9.17, 15) is 0 Å². The number of nitrogens with two attached hydrogens (primary N) is 2. The molecule has 2 atom stereocenters. The van der Waals surface area contributed by atoms with E-state index in [2.05, 4.69) is 18.2 Å². The fourth-order valence-corrected chi connectivity index (χ4v) is 2.61. The Morgan fingerprint density at radius 3 is 2.69 bits per heavy atom. The molecule has 2 rings (SSSR count). The summed E-state index contributed by atoms with van der Waals surface area (Å²) in [6.07, 6.45) is 6.18. The molecular formula is C14H22N2. The molecule has 4 N–H and O–H groups in total. The Morgan fingerprint density at radius 2 is 2.00 bits per heavy atom. The van der Waals surface area contributed by atoms with E-state index in [4.69, 9.17) is 11.5 Å². The zero-order chi connectivity index (χ0) is 11.5. The molecule has 16 heavy (non-hydrogen) atoms. The predicted octanol–water partition coefficient (Wildman–Crippen LogP) is 2.64. The molecule has 0 radical (unpaired) electrons. The number of nitrogen functional groups attached to an aromatic ring is 1. The Balaban J connectivity index is 2.05. The van der Waals surface area contributed by atoms with Gasteiger partial charge in [0.05, 0.1) is 0 Å². The van der Waals surface area contributed by atoms with Crippen molar-refractivity contribution < 1.29 is 0 Å². The molecule has 2 nitrogen and oxygen atoms in total. The van der Waals surface area contributed by atoms with E-state index in [-0.39, 0.29) is 0 Å². The largest absolute Gasteiger partial charge is 0.399 e. The molecule has 2 unspecified atom stereocenters. The summed E-state index contributed by atoms with van der Waals surface area (Å²) in [5.41, 5.74) is 15.5. The summed E-state index contributed by atoms with van der Waals surface area (Å²) in [6.45, 7) is 2.05. The summed E-state index contributed by atoms with van der Waals surface area (Å²) < 4.78 is 0. The molecule has 0 saturated heterocycles. The van der Waals surface area contributed by atoms with E-state index in [1.807, 2.05) is 6.92 Å². The minimum absolute atomic E-state index is 0.385. The van der Waals surface area contributed by atoms with Gasteiger partial charge < -0.3 is 11.5 Å². The van der Waals surface area contributed by atoms with Gasteiger partial charge in [-0.1, -0.05) is 25.0 Å². The highest BCUT2D eigenvalue weighted by Gasteiger charge is 2.21. The smallest absolute Gasteiger partial charge is 0.0346 e. The Hall–Kier alpha value is -1.02. The maximum atomic E-state index is 6.16. The third-order valence-corrected chi connectivity index (χ3v) is 3.81. The van der Waals surface area contributed by atoms with Crippen molar-refractivity contribution in [3.63, 3.8) is 0 Å². The first-order valence-electron chi connectivity index (χ1n) is 6.27. The number of hydrogen-bond donors (Lipinski definition) is 2. The van der Waals surface area contributed by atoms with Gasteiger partial charge in [-0.3, -0.25) is 0 Å². The van der Waals surface area contributed by atoms with Crippen LogP contribution in [0.25, 0.3) is 0 Å². The van der Waals surface area contributed by atoms with E-state index >= 15 is 0 Å². The molecule has 0 aliphatic heterocycles. The standard InChI is InChI=1S/C14H22N2/c1-10-6-7-11(9-14(10)16)8-12-4-2-3-5-13(12)15/h6-7,9,12-13H,2-5,8,15-16H2,1H3. The van der Waals surface area contributed by atoms with E-state index in [1.165, 1.54) is 31.2 Å². The van der Waals surface area contributed by atoms with Crippen LogP contribution in [0.3, 0.4) is 0 Å². The molecule has 1 aromatic carbocycles. The second-order valence-electron chi connectivity index (χ2n) is 5.10. The number of hydrogen-bond acceptors (Lipinski definition) is 2. The van der Waals surface area contributed by atoms with Crippen LogP contribution in [0, 0.1) is 12.8 Å². The van der Waals surface area contributed by atoms with Crippen LogP contribution in [0.4, 0.5) is 5.69 Å². The van der Waals surface area contributed by atoms with Crippen LogP contribution in [-0.4, -0.2) is 6.04 Å². The number of anilines is 1. The van der Waals surface area contributed by atoms with Gasteiger partial charge in [0.2, 0.25) is 0 Å². The highest BCUT2D eigenvalue weighted by Crippen LogP contribution is 2.27. The summed E-state index contributed by atoms with van der Waals surface area (Å²) in [4.78, 5) is 0. The fourth-order valence-electron chi connectivity index (χ4n) is 2.61. The third-order valence-electron chi connectivity index (χ3n) is 3.81. The highest BCUT2D eigenvalue weighted by atomic mass is 14.7. The van der Waals surface area contributed by atoms with Gasteiger partial charge in [0.25, 0.3) is 0 Å². The van der Waals surface area contributed by atoms with Crippen molar-refractivity contribution in [2.75, 3.05) is 5.73 Å². The molecule has 88 valence electrons. The van der Waals surface area contributed by atoms with Crippen molar-refractivity contribution in [2.24, 2.45) is 11.7 Å². The van der Waals surface area contributed by atoms with Crippen LogP contribution in [0.15, 0.2) is 18.2 Å². The summed E-state index contributed by atoms with van der Waals surface area (Å²) >= 11 is 0. The second kappa shape index (κ2) is 4.88. The SMILES string of the molecule is Cc1ccc(CC2CCCCC2N)cc1N. The van der Waals surface area contributed by atoms with Gasteiger partial charge >= 0.3 is 0 Å². The monoisotopic (exact) mass is 218 g/mol. The maximum absolute atomic E-state index is 6.16. The molecule has 0 bridgehead atoms. The predicted molar refractivity (Wildman–Crippen MR) is 69.2 cm³/mol. The number of rotatable bonds is 2. The van der Waals surface area contributed by atoms with Crippen LogP contribution in [0.5, 0.6) is 0 Å². The molecule has 1 aromatic rings. The molecular weight excluding hydrogens is 196 g/mol. The van der Waals surface area contributed by atoms with Gasteiger partial charge in [-0.2, -0.15) is 0 Å². The van der Waals surface area contributed by atoms with E-state index in [0.29, 0.717) is 12.0 Å². The molecule has 1 fully saturated rings. The van der Waals surface area contributed by atoms with E-state index in [0.717, 1.165) is 17.7 Å². The minimum Gasteiger partial charge on any atom is -0.399 e. The minimum atomic E-state index is 0.385. The quantitative estimate of drug-likeness (QED) is 0.750. The lowest BCUT2D eigenvalue weighted by molar-refractivity contribution is 0.306. The summed E-state index contributed by atoms with van der Waals surface area (Å²) in [5.74, 6) is 0.649. The normalized spacial score (nSPS) is 25.6. The molecule has 0 spiro atoms. The summed E-state index contributed by atoms with van der Waals surface area (Å²) in [7, 11) is 0. The van der Waals surface area contributed by atoms with Crippen molar-refractivity contribution in [1.82, 2.24) is 0 Å².